The number of primary amides is 1. The third-order valence-electron chi connectivity index (χ3n) is 6.57. The van der Waals surface area contributed by atoms with Crippen molar-refractivity contribution < 1.29 is 18.8 Å². The first-order valence-electron chi connectivity index (χ1n) is 11.0. The predicted molar refractivity (Wildman–Crippen MR) is 124 cm³/mol. The average Bonchev–Trinajstić information content (AvgIpc) is 3.47. The fourth-order valence-electron chi connectivity index (χ4n) is 4.71. The average molecular weight is 451 g/mol. The second kappa shape index (κ2) is 9.15. The molecule has 1 saturated carbocycles. The number of H-pyrrole nitrogens is 1. The zero-order chi connectivity index (χ0) is 23.6. The van der Waals surface area contributed by atoms with Crippen molar-refractivity contribution in [2.45, 2.75) is 37.8 Å². The molecule has 1 aromatic heterocycles. The van der Waals surface area contributed by atoms with Crippen molar-refractivity contribution in [3.05, 3.63) is 59.5 Å². The van der Waals surface area contributed by atoms with Gasteiger partial charge in [0.2, 0.25) is 0 Å². The standard InChI is InChI=1S/C25H27FN4O3/c1-30(25(9-2-3-10-25)29-11-4-12-31)24(33)17-7-5-16(6-8-17)18-13-19-20(23(27)32)15-28-22(19)21(26)14-18/h5-8,12-15,28-29H,2-4,9-11H2,1H3,(H2,27,32). The van der Waals surface area contributed by atoms with Crippen LogP contribution in [-0.4, -0.2) is 47.2 Å². The minimum absolute atomic E-state index is 0.120. The number of aromatic nitrogens is 1. The molecule has 4 rings (SSSR count). The summed E-state index contributed by atoms with van der Waals surface area (Å²) < 4.78 is 14.6. The van der Waals surface area contributed by atoms with Crippen LogP contribution >= 0.6 is 0 Å². The van der Waals surface area contributed by atoms with Crippen LogP contribution < -0.4 is 11.1 Å². The summed E-state index contributed by atoms with van der Waals surface area (Å²) in [6.07, 6.45) is 6.39. The summed E-state index contributed by atoms with van der Waals surface area (Å²) in [6.45, 7) is 0.528. The Bertz CT molecular complexity index is 1200. The number of carbonyl (C=O) groups is 3. The summed E-state index contributed by atoms with van der Waals surface area (Å²) in [4.78, 5) is 40.1. The quantitative estimate of drug-likeness (QED) is 0.277. The molecular weight excluding hydrogens is 423 g/mol. The van der Waals surface area contributed by atoms with Gasteiger partial charge in [0, 0.05) is 37.2 Å². The molecule has 33 heavy (non-hydrogen) atoms. The molecule has 172 valence electrons. The highest BCUT2D eigenvalue weighted by atomic mass is 19.1. The van der Waals surface area contributed by atoms with Crippen molar-refractivity contribution in [2.75, 3.05) is 13.6 Å². The lowest BCUT2D eigenvalue weighted by Gasteiger charge is -2.40. The van der Waals surface area contributed by atoms with E-state index in [1.165, 1.54) is 12.3 Å². The number of aldehydes is 1. The smallest absolute Gasteiger partial charge is 0.255 e. The Morgan fingerprint density at radius 1 is 1.18 bits per heavy atom. The molecule has 0 atom stereocenters. The van der Waals surface area contributed by atoms with Crippen molar-refractivity contribution in [1.29, 1.82) is 0 Å². The van der Waals surface area contributed by atoms with Gasteiger partial charge in [-0.2, -0.15) is 0 Å². The molecule has 0 unspecified atom stereocenters. The van der Waals surface area contributed by atoms with Crippen molar-refractivity contribution >= 4 is 29.0 Å². The highest BCUT2D eigenvalue weighted by Crippen LogP contribution is 2.34. The largest absolute Gasteiger partial charge is 0.366 e. The van der Waals surface area contributed by atoms with Gasteiger partial charge < -0.3 is 20.4 Å². The summed E-state index contributed by atoms with van der Waals surface area (Å²) in [5, 5.41) is 3.83. The van der Waals surface area contributed by atoms with Crippen LogP contribution in [0.4, 0.5) is 4.39 Å². The summed E-state index contributed by atoms with van der Waals surface area (Å²) in [5.74, 6) is -1.24. The monoisotopic (exact) mass is 450 g/mol. The Balaban J connectivity index is 1.59. The Morgan fingerprint density at radius 2 is 1.88 bits per heavy atom. The lowest BCUT2D eigenvalue weighted by Crippen LogP contribution is -2.57. The SMILES string of the molecule is CN(C(=O)c1ccc(-c2cc(F)c3[nH]cc(C(N)=O)c3c2)cc1)C1(NCCC=O)CCCC1. The van der Waals surface area contributed by atoms with E-state index in [0.717, 1.165) is 32.0 Å². The van der Waals surface area contributed by atoms with Gasteiger partial charge in [-0.25, -0.2) is 4.39 Å². The van der Waals surface area contributed by atoms with E-state index in [-0.39, 0.29) is 17.0 Å². The molecule has 1 aliphatic carbocycles. The third kappa shape index (κ3) is 4.26. The van der Waals surface area contributed by atoms with Crippen LogP contribution in [0.1, 0.15) is 52.8 Å². The predicted octanol–water partition coefficient (Wildman–Crippen LogP) is 3.59. The van der Waals surface area contributed by atoms with Gasteiger partial charge >= 0.3 is 0 Å². The molecule has 0 radical (unpaired) electrons. The van der Waals surface area contributed by atoms with Gasteiger partial charge in [0.15, 0.2) is 0 Å². The van der Waals surface area contributed by atoms with Crippen molar-refractivity contribution in [2.24, 2.45) is 5.73 Å². The van der Waals surface area contributed by atoms with E-state index in [1.807, 2.05) is 0 Å². The highest BCUT2D eigenvalue weighted by Gasteiger charge is 2.39. The van der Waals surface area contributed by atoms with E-state index in [2.05, 4.69) is 10.3 Å². The number of nitrogens with zero attached hydrogens (tertiary/aromatic N) is 1. The van der Waals surface area contributed by atoms with E-state index in [0.29, 0.717) is 35.0 Å². The van der Waals surface area contributed by atoms with Gasteiger partial charge in [0.25, 0.3) is 11.8 Å². The number of benzene rings is 2. The summed E-state index contributed by atoms with van der Waals surface area (Å²) >= 11 is 0. The number of fused-ring (bicyclic) bond motifs is 1. The zero-order valence-electron chi connectivity index (χ0n) is 18.5. The lowest BCUT2D eigenvalue weighted by atomic mass is 9.99. The first-order valence-corrected chi connectivity index (χ1v) is 11.0. The number of nitrogens with one attached hydrogen (secondary N) is 2. The molecule has 2 aromatic carbocycles. The molecule has 3 aromatic rings. The maximum absolute atomic E-state index is 14.6. The number of hydrogen-bond donors (Lipinski definition) is 3. The maximum Gasteiger partial charge on any atom is 0.255 e. The van der Waals surface area contributed by atoms with Gasteiger partial charge in [-0.05, 0) is 61.1 Å². The summed E-state index contributed by atoms with van der Waals surface area (Å²) in [7, 11) is 1.79. The van der Waals surface area contributed by atoms with Crippen LogP contribution in [0.15, 0.2) is 42.6 Å². The third-order valence-corrected chi connectivity index (χ3v) is 6.57. The second-order valence-corrected chi connectivity index (χ2v) is 8.51. The normalized spacial score (nSPS) is 15.0. The van der Waals surface area contributed by atoms with Crippen LogP contribution in [0.2, 0.25) is 0 Å². The molecule has 4 N–H and O–H groups in total. The van der Waals surface area contributed by atoms with Gasteiger partial charge in [-0.3, -0.25) is 14.9 Å². The molecule has 0 saturated heterocycles. The number of amides is 2. The molecule has 2 amide bonds. The van der Waals surface area contributed by atoms with E-state index >= 15 is 0 Å². The fraction of sp³-hybridized carbons (Fsp3) is 0.320. The fourth-order valence-corrected chi connectivity index (χ4v) is 4.71. The molecule has 1 heterocycles. The van der Waals surface area contributed by atoms with Crippen molar-refractivity contribution in [1.82, 2.24) is 15.2 Å². The minimum Gasteiger partial charge on any atom is -0.366 e. The molecule has 1 aliphatic rings. The Labute approximate surface area is 191 Å². The van der Waals surface area contributed by atoms with Crippen molar-refractivity contribution in [3.8, 4) is 11.1 Å². The number of nitrogens with two attached hydrogens (primary N) is 1. The summed E-state index contributed by atoms with van der Waals surface area (Å²) in [5.41, 5.74) is 7.21. The van der Waals surface area contributed by atoms with E-state index < -0.39 is 17.4 Å². The molecular formula is C25H27FN4O3. The lowest BCUT2D eigenvalue weighted by molar-refractivity contribution is -0.107. The van der Waals surface area contributed by atoms with Gasteiger partial charge in [0.1, 0.15) is 12.1 Å². The molecule has 0 aliphatic heterocycles. The van der Waals surface area contributed by atoms with Gasteiger partial charge in [0.05, 0.1) is 16.7 Å². The first kappa shape index (κ1) is 22.7. The minimum atomic E-state index is -0.635. The second-order valence-electron chi connectivity index (χ2n) is 8.51. The Morgan fingerprint density at radius 3 is 2.52 bits per heavy atom. The van der Waals surface area contributed by atoms with E-state index in [4.69, 9.17) is 5.73 Å². The van der Waals surface area contributed by atoms with Gasteiger partial charge in [-0.1, -0.05) is 12.1 Å². The van der Waals surface area contributed by atoms with E-state index in [9.17, 15) is 18.8 Å². The van der Waals surface area contributed by atoms with Crippen LogP contribution in [0.5, 0.6) is 0 Å². The number of halogens is 1. The first-order chi connectivity index (χ1) is 15.9. The molecule has 8 heteroatoms. The number of aromatic amines is 1. The Hall–Kier alpha value is -3.52. The van der Waals surface area contributed by atoms with Gasteiger partial charge in [-0.15, -0.1) is 0 Å². The molecule has 7 nitrogen and oxygen atoms in total. The van der Waals surface area contributed by atoms with Crippen LogP contribution in [-0.2, 0) is 4.79 Å². The number of carbonyl (C=O) groups excluding carboxylic acids is 3. The zero-order valence-corrected chi connectivity index (χ0v) is 18.5. The van der Waals surface area contributed by atoms with Crippen LogP contribution in [0.25, 0.3) is 22.0 Å². The number of hydrogen-bond acceptors (Lipinski definition) is 4. The molecule has 0 spiro atoms. The van der Waals surface area contributed by atoms with Crippen LogP contribution in [0.3, 0.4) is 0 Å². The maximum atomic E-state index is 14.6. The highest BCUT2D eigenvalue weighted by molar-refractivity contribution is 6.07. The van der Waals surface area contributed by atoms with E-state index in [1.54, 1.807) is 42.3 Å². The molecule has 0 bridgehead atoms. The molecule has 1 fully saturated rings. The van der Waals surface area contributed by atoms with Crippen LogP contribution in [0, 0.1) is 5.82 Å². The number of rotatable bonds is 8. The van der Waals surface area contributed by atoms with Crippen molar-refractivity contribution in [3.63, 3.8) is 0 Å². The summed E-state index contributed by atoms with van der Waals surface area (Å²) in [6, 6.07) is 10.1. The Kier molecular flexibility index (Phi) is 6.29. The topological polar surface area (TPSA) is 108 Å².